The van der Waals surface area contributed by atoms with E-state index in [4.69, 9.17) is 16.3 Å². The normalized spacial score (nSPS) is 11.8. The molecule has 0 saturated carbocycles. The fourth-order valence-corrected chi connectivity index (χ4v) is 2.58. The highest BCUT2D eigenvalue weighted by Gasteiger charge is 2.11. The number of carbonyl (C=O) groups excluding carboxylic acids is 1. The van der Waals surface area contributed by atoms with Crippen molar-refractivity contribution in [2.45, 2.75) is 13.0 Å². The minimum atomic E-state index is -0.310. The Morgan fingerprint density at radius 2 is 2.00 bits per heavy atom. The number of ether oxygens (including phenoxy) is 1. The van der Waals surface area contributed by atoms with Gasteiger partial charge in [-0.2, -0.15) is 0 Å². The average molecular weight is 387 g/mol. The Morgan fingerprint density at radius 1 is 1.32 bits per heavy atom. The van der Waals surface area contributed by atoms with E-state index in [-0.39, 0.29) is 24.4 Å². The van der Waals surface area contributed by atoms with Gasteiger partial charge in [0.2, 0.25) is 0 Å². The third-order valence-corrected chi connectivity index (χ3v) is 3.79. The molecule has 6 heteroatoms. The fraction of sp³-hybridized carbons (Fsp3) is 0.188. The molecule has 0 bridgehead atoms. The second-order valence-corrected chi connectivity index (χ2v) is 6.03. The van der Waals surface area contributed by atoms with Gasteiger partial charge in [-0.25, -0.2) is 4.39 Å². The SMILES string of the molecule is C[C@H](NC(=O)COc1ccc(Br)cc1Cl)c1ccc(F)cc1. The minimum absolute atomic E-state index is 0.146. The Bertz CT molecular complexity index is 664. The van der Waals surface area contributed by atoms with Crippen LogP contribution in [0.5, 0.6) is 5.75 Å². The number of rotatable bonds is 5. The molecule has 0 spiro atoms. The summed E-state index contributed by atoms with van der Waals surface area (Å²) in [7, 11) is 0. The van der Waals surface area contributed by atoms with Gasteiger partial charge in [-0.1, -0.05) is 39.7 Å². The minimum Gasteiger partial charge on any atom is -0.482 e. The van der Waals surface area contributed by atoms with E-state index >= 15 is 0 Å². The Hall–Kier alpha value is -1.59. The Morgan fingerprint density at radius 3 is 2.64 bits per heavy atom. The van der Waals surface area contributed by atoms with Crippen molar-refractivity contribution < 1.29 is 13.9 Å². The number of nitrogens with one attached hydrogen (secondary N) is 1. The topological polar surface area (TPSA) is 38.3 Å². The van der Waals surface area contributed by atoms with Crippen LogP contribution >= 0.6 is 27.5 Å². The maximum atomic E-state index is 12.9. The molecule has 0 unspecified atom stereocenters. The molecule has 2 aromatic carbocycles. The third-order valence-electron chi connectivity index (χ3n) is 3.00. The van der Waals surface area contributed by atoms with E-state index in [1.54, 1.807) is 30.3 Å². The van der Waals surface area contributed by atoms with E-state index in [0.29, 0.717) is 10.8 Å². The first-order valence-corrected chi connectivity index (χ1v) is 7.75. The van der Waals surface area contributed by atoms with Crippen LogP contribution in [0.4, 0.5) is 4.39 Å². The number of halogens is 3. The monoisotopic (exact) mass is 385 g/mol. The van der Waals surface area contributed by atoms with Crippen LogP contribution in [0.2, 0.25) is 5.02 Å². The molecule has 116 valence electrons. The molecule has 0 aliphatic rings. The van der Waals surface area contributed by atoms with Crippen LogP contribution in [0.25, 0.3) is 0 Å². The molecule has 1 N–H and O–H groups in total. The van der Waals surface area contributed by atoms with Gasteiger partial charge in [0.05, 0.1) is 11.1 Å². The maximum Gasteiger partial charge on any atom is 0.258 e. The molecular formula is C16H14BrClFNO2. The lowest BCUT2D eigenvalue weighted by Gasteiger charge is -2.15. The van der Waals surface area contributed by atoms with Gasteiger partial charge in [-0.05, 0) is 42.8 Å². The first-order chi connectivity index (χ1) is 10.5. The van der Waals surface area contributed by atoms with Crippen molar-refractivity contribution in [3.8, 4) is 5.75 Å². The van der Waals surface area contributed by atoms with Gasteiger partial charge in [0.25, 0.3) is 5.91 Å². The quantitative estimate of drug-likeness (QED) is 0.822. The van der Waals surface area contributed by atoms with Crippen LogP contribution in [0, 0.1) is 5.82 Å². The lowest BCUT2D eigenvalue weighted by Crippen LogP contribution is -2.31. The molecule has 0 fully saturated rings. The molecule has 3 nitrogen and oxygen atoms in total. The predicted molar refractivity (Wildman–Crippen MR) is 87.6 cm³/mol. The van der Waals surface area contributed by atoms with Crippen LogP contribution in [-0.2, 0) is 4.79 Å². The summed E-state index contributed by atoms with van der Waals surface area (Å²) >= 11 is 9.30. The number of benzene rings is 2. The largest absolute Gasteiger partial charge is 0.482 e. The van der Waals surface area contributed by atoms with Gasteiger partial charge >= 0.3 is 0 Å². The van der Waals surface area contributed by atoms with Gasteiger partial charge in [-0.15, -0.1) is 0 Å². The van der Waals surface area contributed by atoms with Crippen molar-refractivity contribution in [1.29, 1.82) is 0 Å². The maximum absolute atomic E-state index is 12.9. The Labute approximate surface area is 141 Å². The van der Waals surface area contributed by atoms with Gasteiger partial charge in [0, 0.05) is 4.47 Å². The highest BCUT2D eigenvalue weighted by Crippen LogP contribution is 2.27. The standard InChI is InChI=1S/C16H14BrClFNO2/c1-10(11-2-5-13(19)6-3-11)20-16(21)9-22-15-7-4-12(17)8-14(15)18/h2-8,10H,9H2,1H3,(H,20,21)/t10-/m0/s1. The van der Waals surface area contributed by atoms with E-state index in [1.165, 1.54) is 12.1 Å². The van der Waals surface area contributed by atoms with Crippen molar-refractivity contribution in [2.75, 3.05) is 6.61 Å². The first-order valence-electron chi connectivity index (χ1n) is 6.58. The van der Waals surface area contributed by atoms with Crippen molar-refractivity contribution in [1.82, 2.24) is 5.32 Å². The molecule has 0 radical (unpaired) electrons. The van der Waals surface area contributed by atoms with E-state index < -0.39 is 0 Å². The second-order valence-electron chi connectivity index (χ2n) is 4.70. The summed E-state index contributed by atoms with van der Waals surface area (Å²) in [5, 5.41) is 3.20. The number of hydrogen-bond acceptors (Lipinski definition) is 2. The molecule has 1 atom stereocenters. The molecule has 0 heterocycles. The highest BCUT2D eigenvalue weighted by atomic mass is 79.9. The zero-order valence-corrected chi connectivity index (χ0v) is 14.1. The Balaban J connectivity index is 1.88. The summed E-state index contributed by atoms with van der Waals surface area (Å²) in [6.45, 7) is 1.67. The van der Waals surface area contributed by atoms with E-state index in [9.17, 15) is 9.18 Å². The molecule has 0 aliphatic carbocycles. The van der Waals surface area contributed by atoms with Crippen LogP contribution < -0.4 is 10.1 Å². The predicted octanol–water partition coefficient (Wildman–Crippen LogP) is 4.50. The molecule has 0 saturated heterocycles. The molecule has 0 aromatic heterocycles. The summed E-state index contributed by atoms with van der Waals surface area (Å²) < 4.78 is 19.1. The summed E-state index contributed by atoms with van der Waals surface area (Å²) in [5.74, 6) is -0.152. The molecular weight excluding hydrogens is 373 g/mol. The van der Waals surface area contributed by atoms with Crippen molar-refractivity contribution >= 4 is 33.4 Å². The fourth-order valence-electron chi connectivity index (χ4n) is 1.85. The molecule has 2 rings (SSSR count). The lowest BCUT2D eigenvalue weighted by molar-refractivity contribution is -0.123. The summed E-state index contributed by atoms with van der Waals surface area (Å²) in [6, 6.07) is 10.9. The van der Waals surface area contributed by atoms with Gasteiger partial charge in [0.1, 0.15) is 11.6 Å². The van der Waals surface area contributed by atoms with Crippen molar-refractivity contribution in [3.63, 3.8) is 0 Å². The van der Waals surface area contributed by atoms with Crippen LogP contribution in [0.15, 0.2) is 46.9 Å². The van der Waals surface area contributed by atoms with Crippen LogP contribution in [-0.4, -0.2) is 12.5 Å². The van der Waals surface area contributed by atoms with Crippen molar-refractivity contribution in [3.05, 3.63) is 63.3 Å². The highest BCUT2D eigenvalue weighted by molar-refractivity contribution is 9.10. The molecule has 22 heavy (non-hydrogen) atoms. The zero-order valence-electron chi connectivity index (χ0n) is 11.8. The number of hydrogen-bond donors (Lipinski definition) is 1. The second kappa shape index (κ2) is 7.61. The zero-order chi connectivity index (χ0) is 16.1. The van der Waals surface area contributed by atoms with E-state index in [0.717, 1.165) is 10.0 Å². The van der Waals surface area contributed by atoms with E-state index in [2.05, 4.69) is 21.2 Å². The van der Waals surface area contributed by atoms with Gasteiger partial charge < -0.3 is 10.1 Å². The molecule has 1 amide bonds. The summed E-state index contributed by atoms with van der Waals surface area (Å²) in [5.41, 5.74) is 0.816. The number of carbonyl (C=O) groups is 1. The van der Waals surface area contributed by atoms with Crippen molar-refractivity contribution in [2.24, 2.45) is 0 Å². The lowest BCUT2D eigenvalue weighted by atomic mass is 10.1. The first kappa shape index (κ1) is 16.8. The van der Waals surface area contributed by atoms with Crippen LogP contribution in [0.3, 0.4) is 0 Å². The van der Waals surface area contributed by atoms with Crippen LogP contribution in [0.1, 0.15) is 18.5 Å². The Kier molecular flexibility index (Phi) is 5.80. The summed E-state index contributed by atoms with van der Waals surface area (Å²) in [6.07, 6.45) is 0. The van der Waals surface area contributed by atoms with E-state index in [1.807, 2.05) is 6.92 Å². The molecule has 0 aliphatic heterocycles. The molecule has 2 aromatic rings. The average Bonchev–Trinajstić information content (AvgIpc) is 2.47. The number of amides is 1. The summed E-state index contributed by atoms with van der Waals surface area (Å²) in [4.78, 5) is 11.9. The third kappa shape index (κ3) is 4.71. The smallest absolute Gasteiger partial charge is 0.258 e. The van der Waals surface area contributed by atoms with Gasteiger partial charge in [0.15, 0.2) is 6.61 Å². The van der Waals surface area contributed by atoms with Gasteiger partial charge in [-0.3, -0.25) is 4.79 Å².